The fourth-order valence-corrected chi connectivity index (χ4v) is 2.79. The van der Waals surface area contributed by atoms with Crippen molar-refractivity contribution in [2.24, 2.45) is 0 Å². The summed E-state index contributed by atoms with van der Waals surface area (Å²) in [7, 11) is 0. The first-order chi connectivity index (χ1) is 7.40. The molecule has 1 aromatic carbocycles. The van der Waals surface area contributed by atoms with E-state index in [0.29, 0.717) is 0 Å². The van der Waals surface area contributed by atoms with Crippen LogP contribution >= 0.6 is 23.1 Å². The van der Waals surface area contributed by atoms with Crippen molar-refractivity contribution in [2.75, 3.05) is 6.26 Å². The molecular formula is C13H10S2. The molecule has 0 saturated heterocycles. The van der Waals surface area contributed by atoms with Gasteiger partial charge >= 0.3 is 0 Å². The molecule has 1 aromatic heterocycles. The van der Waals surface area contributed by atoms with Gasteiger partial charge in [-0.15, -0.1) is 23.1 Å². The molecule has 0 N–H and O–H groups in total. The van der Waals surface area contributed by atoms with Gasteiger partial charge < -0.3 is 0 Å². The van der Waals surface area contributed by atoms with Crippen molar-refractivity contribution in [3.8, 4) is 11.8 Å². The highest BCUT2D eigenvalue weighted by Gasteiger charge is 1.97. The lowest BCUT2D eigenvalue weighted by Crippen LogP contribution is -1.74. The van der Waals surface area contributed by atoms with Crippen LogP contribution in [0.15, 0.2) is 46.0 Å². The van der Waals surface area contributed by atoms with Gasteiger partial charge in [-0.3, -0.25) is 0 Å². The number of hydrogen-bond acceptors (Lipinski definition) is 2. The summed E-state index contributed by atoms with van der Waals surface area (Å²) >= 11 is 3.45. The minimum absolute atomic E-state index is 1.07. The fraction of sp³-hybridized carbons (Fsp3) is 0.0769. The van der Waals surface area contributed by atoms with Crippen molar-refractivity contribution in [2.45, 2.75) is 4.90 Å². The van der Waals surface area contributed by atoms with Gasteiger partial charge in [0, 0.05) is 26.8 Å². The second-order valence-electron chi connectivity index (χ2n) is 2.97. The van der Waals surface area contributed by atoms with Crippen molar-refractivity contribution < 1.29 is 0 Å². The molecule has 74 valence electrons. The highest BCUT2D eigenvalue weighted by molar-refractivity contribution is 7.98. The molecule has 2 heteroatoms. The molecule has 0 aliphatic carbocycles. The van der Waals surface area contributed by atoms with Gasteiger partial charge in [0.25, 0.3) is 0 Å². The van der Waals surface area contributed by atoms with Gasteiger partial charge in [-0.05, 0) is 18.4 Å². The smallest absolute Gasteiger partial charge is 0.0491 e. The van der Waals surface area contributed by atoms with E-state index in [9.17, 15) is 0 Å². The molecule has 0 unspecified atom stereocenters. The lowest BCUT2D eigenvalue weighted by Gasteiger charge is -1.90. The number of thioether (sulfide) groups is 1. The molecule has 0 amide bonds. The van der Waals surface area contributed by atoms with Crippen LogP contribution in [0.2, 0.25) is 0 Å². The van der Waals surface area contributed by atoms with Gasteiger partial charge in [-0.1, -0.05) is 30.0 Å². The summed E-state index contributed by atoms with van der Waals surface area (Å²) in [5.74, 6) is 6.37. The average molecular weight is 230 g/mol. The summed E-state index contributed by atoms with van der Waals surface area (Å²) in [6.45, 7) is 0. The highest BCUT2D eigenvalue weighted by Crippen LogP contribution is 2.23. The summed E-state index contributed by atoms with van der Waals surface area (Å²) < 4.78 is 0. The Bertz CT molecular complexity index is 486. The van der Waals surface area contributed by atoms with Gasteiger partial charge in [0.15, 0.2) is 0 Å². The SMILES string of the molecule is CSc1cscc1C#Cc1ccccc1. The molecule has 2 rings (SSSR count). The van der Waals surface area contributed by atoms with E-state index in [2.05, 4.69) is 28.9 Å². The molecule has 0 aliphatic heterocycles. The molecule has 2 aromatic rings. The lowest BCUT2D eigenvalue weighted by molar-refractivity contribution is 1.53. The second-order valence-corrected chi connectivity index (χ2v) is 4.56. The summed E-state index contributed by atoms with van der Waals surface area (Å²) in [6.07, 6.45) is 2.08. The van der Waals surface area contributed by atoms with Crippen molar-refractivity contribution in [3.63, 3.8) is 0 Å². The number of benzene rings is 1. The summed E-state index contributed by atoms with van der Waals surface area (Å²) in [4.78, 5) is 1.27. The largest absolute Gasteiger partial charge is 0.150 e. The van der Waals surface area contributed by atoms with Crippen LogP contribution in [-0.4, -0.2) is 6.26 Å². The second kappa shape index (κ2) is 5.06. The molecular weight excluding hydrogens is 220 g/mol. The zero-order valence-corrected chi connectivity index (χ0v) is 9.99. The molecule has 0 bridgehead atoms. The van der Waals surface area contributed by atoms with E-state index in [4.69, 9.17) is 0 Å². The number of thiophene rings is 1. The molecule has 0 nitrogen and oxygen atoms in total. The van der Waals surface area contributed by atoms with Gasteiger partial charge in [0.1, 0.15) is 0 Å². The first-order valence-corrected chi connectivity index (χ1v) is 6.74. The van der Waals surface area contributed by atoms with Crippen molar-refractivity contribution in [1.29, 1.82) is 0 Å². The van der Waals surface area contributed by atoms with E-state index in [1.165, 1.54) is 4.90 Å². The van der Waals surface area contributed by atoms with Gasteiger partial charge in [-0.25, -0.2) is 0 Å². The van der Waals surface area contributed by atoms with Gasteiger partial charge in [0.2, 0.25) is 0 Å². The van der Waals surface area contributed by atoms with Gasteiger partial charge in [-0.2, -0.15) is 0 Å². The third-order valence-corrected chi connectivity index (χ3v) is 3.63. The standard InChI is InChI=1S/C13H10S2/c1-14-13-10-15-9-12(13)8-7-11-5-3-2-4-6-11/h2-6,9-10H,1H3. The predicted molar refractivity (Wildman–Crippen MR) is 68.5 cm³/mol. The first kappa shape index (κ1) is 10.4. The average Bonchev–Trinajstić information content (AvgIpc) is 2.75. The molecule has 1 heterocycles. The van der Waals surface area contributed by atoms with E-state index in [0.717, 1.165) is 11.1 Å². The van der Waals surface area contributed by atoms with Crippen molar-refractivity contribution in [1.82, 2.24) is 0 Å². The zero-order valence-electron chi connectivity index (χ0n) is 8.36. The van der Waals surface area contributed by atoms with Crippen LogP contribution in [0, 0.1) is 11.8 Å². The molecule has 0 atom stereocenters. The predicted octanol–water partition coefficient (Wildman–Crippen LogP) is 3.87. The molecule has 15 heavy (non-hydrogen) atoms. The summed E-state index contributed by atoms with van der Waals surface area (Å²) in [6, 6.07) is 10.1. The summed E-state index contributed by atoms with van der Waals surface area (Å²) in [5, 5.41) is 4.24. The topological polar surface area (TPSA) is 0 Å². The van der Waals surface area contributed by atoms with Gasteiger partial charge in [0.05, 0.1) is 0 Å². The first-order valence-electron chi connectivity index (χ1n) is 4.57. The Morgan fingerprint density at radius 1 is 1.07 bits per heavy atom. The van der Waals surface area contributed by atoms with Crippen LogP contribution in [0.5, 0.6) is 0 Å². The Labute approximate surface area is 98.3 Å². The highest BCUT2D eigenvalue weighted by atomic mass is 32.2. The molecule has 0 fully saturated rings. The van der Waals surface area contributed by atoms with Crippen LogP contribution < -0.4 is 0 Å². The maximum Gasteiger partial charge on any atom is 0.0491 e. The molecule has 0 spiro atoms. The van der Waals surface area contributed by atoms with Crippen LogP contribution in [0.25, 0.3) is 0 Å². The third-order valence-electron chi connectivity index (χ3n) is 1.96. The minimum atomic E-state index is 1.07. The van der Waals surface area contributed by atoms with Crippen LogP contribution in [0.4, 0.5) is 0 Å². The zero-order chi connectivity index (χ0) is 10.5. The Morgan fingerprint density at radius 2 is 1.87 bits per heavy atom. The quantitative estimate of drug-likeness (QED) is 0.529. The van der Waals surface area contributed by atoms with E-state index in [1.807, 2.05) is 30.3 Å². The minimum Gasteiger partial charge on any atom is -0.150 e. The number of rotatable bonds is 1. The van der Waals surface area contributed by atoms with Crippen molar-refractivity contribution in [3.05, 3.63) is 52.2 Å². The maximum atomic E-state index is 3.20. The third kappa shape index (κ3) is 2.65. The van der Waals surface area contributed by atoms with E-state index in [1.54, 1.807) is 23.1 Å². The monoisotopic (exact) mass is 230 g/mol. The Morgan fingerprint density at radius 3 is 2.60 bits per heavy atom. The number of hydrogen-bond donors (Lipinski definition) is 0. The Balaban J connectivity index is 2.26. The Kier molecular flexibility index (Phi) is 3.49. The summed E-state index contributed by atoms with van der Waals surface area (Å²) in [5.41, 5.74) is 2.20. The normalized spacial score (nSPS) is 9.40. The Hall–Kier alpha value is -1.17. The molecule has 0 radical (unpaired) electrons. The van der Waals surface area contributed by atoms with Crippen LogP contribution in [-0.2, 0) is 0 Å². The van der Waals surface area contributed by atoms with Crippen LogP contribution in [0.1, 0.15) is 11.1 Å². The maximum absolute atomic E-state index is 3.20. The van der Waals surface area contributed by atoms with Crippen LogP contribution in [0.3, 0.4) is 0 Å². The van der Waals surface area contributed by atoms with Crippen molar-refractivity contribution >= 4 is 23.1 Å². The molecule has 0 saturated carbocycles. The lowest BCUT2D eigenvalue weighted by atomic mass is 10.2. The fourth-order valence-electron chi connectivity index (χ4n) is 1.20. The van der Waals surface area contributed by atoms with E-state index >= 15 is 0 Å². The molecule has 0 aliphatic rings. The van der Waals surface area contributed by atoms with E-state index < -0.39 is 0 Å². The van der Waals surface area contributed by atoms with E-state index in [-0.39, 0.29) is 0 Å².